The van der Waals surface area contributed by atoms with Gasteiger partial charge in [-0.2, -0.15) is 0 Å². The fourth-order valence-corrected chi connectivity index (χ4v) is 3.76. The van der Waals surface area contributed by atoms with E-state index in [-0.39, 0.29) is 11.5 Å². The number of carboxylic acids is 1. The number of aromatic carboxylic acids is 1. The van der Waals surface area contributed by atoms with Crippen molar-refractivity contribution in [2.24, 2.45) is 0 Å². The lowest BCUT2D eigenvalue weighted by Crippen LogP contribution is -2.36. The summed E-state index contributed by atoms with van der Waals surface area (Å²) in [5.74, 6) is -0.794. The van der Waals surface area contributed by atoms with Crippen LogP contribution in [0, 0.1) is 0 Å². The highest BCUT2D eigenvalue weighted by molar-refractivity contribution is 5.88. The molecule has 0 unspecified atom stereocenters. The molecule has 0 radical (unpaired) electrons. The van der Waals surface area contributed by atoms with Gasteiger partial charge >= 0.3 is 5.97 Å². The Morgan fingerprint density at radius 1 is 1.07 bits per heavy atom. The van der Waals surface area contributed by atoms with Crippen molar-refractivity contribution < 1.29 is 14.7 Å². The SMILES string of the molecule is O=C(O)c1ccc2c(c1)CN(C(=O)CCCc1cc3ccccc3[nH]1)CC2. The Labute approximate surface area is 157 Å². The second kappa shape index (κ2) is 7.27. The van der Waals surface area contributed by atoms with Gasteiger partial charge in [0.25, 0.3) is 0 Å². The molecule has 1 aliphatic heterocycles. The van der Waals surface area contributed by atoms with Crippen LogP contribution >= 0.6 is 0 Å². The number of hydrogen-bond acceptors (Lipinski definition) is 2. The monoisotopic (exact) mass is 362 g/mol. The van der Waals surface area contributed by atoms with Gasteiger partial charge < -0.3 is 15.0 Å². The van der Waals surface area contributed by atoms with Crippen LogP contribution in [0.1, 0.15) is 40.0 Å². The highest BCUT2D eigenvalue weighted by atomic mass is 16.4. The van der Waals surface area contributed by atoms with Crippen molar-refractivity contribution in [2.75, 3.05) is 6.54 Å². The lowest BCUT2D eigenvalue weighted by atomic mass is 9.97. The number of aromatic amines is 1. The molecule has 0 atom stereocenters. The van der Waals surface area contributed by atoms with E-state index < -0.39 is 5.97 Å². The molecule has 1 aliphatic rings. The van der Waals surface area contributed by atoms with E-state index in [4.69, 9.17) is 5.11 Å². The minimum atomic E-state index is -0.931. The van der Waals surface area contributed by atoms with Crippen molar-refractivity contribution in [1.82, 2.24) is 9.88 Å². The molecule has 5 heteroatoms. The summed E-state index contributed by atoms with van der Waals surface area (Å²) in [6.45, 7) is 1.20. The fourth-order valence-electron chi connectivity index (χ4n) is 3.76. The Morgan fingerprint density at radius 3 is 2.74 bits per heavy atom. The van der Waals surface area contributed by atoms with E-state index >= 15 is 0 Å². The molecule has 0 aliphatic carbocycles. The smallest absolute Gasteiger partial charge is 0.335 e. The third-order valence-electron chi connectivity index (χ3n) is 5.24. The first-order valence-corrected chi connectivity index (χ1v) is 9.29. The molecular weight excluding hydrogens is 340 g/mol. The van der Waals surface area contributed by atoms with E-state index in [0.29, 0.717) is 19.5 Å². The average molecular weight is 362 g/mol. The second-order valence-electron chi connectivity index (χ2n) is 7.09. The van der Waals surface area contributed by atoms with Crippen molar-refractivity contribution in [3.05, 3.63) is 70.9 Å². The molecule has 2 N–H and O–H groups in total. The molecule has 0 fully saturated rings. The lowest BCUT2D eigenvalue weighted by molar-refractivity contribution is -0.132. The van der Waals surface area contributed by atoms with Crippen LogP contribution in [0.2, 0.25) is 0 Å². The molecule has 2 aromatic carbocycles. The van der Waals surface area contributed by atoms with Crippen LogP contribution < -0.4 is 0 Å². The highest BCUT2D eigenvalue weighted by Crippen LogP contribution is 2.22. The summed E-state index contributed by atoms with van der Waals surface area (Å²) in [6, 6.07) is 15.5. The number of fused-ring (bicyclic) bond motifs is 2. The molecule has 3 aromatic rings. The number of aromatic nitrogens is 1. The molecule has 4 rings (SSSR count). The molecule has 2 heterocycles. The molecule has 5 nitrogen and oxygen atoms in total. The number of benzene rings is 2. The van der Waals surface area contributed by atoms with Crippen LogP contribution in [0.4, 0.5) is 0 Å². The van der Waals surface area contributed by atoms with Gasteiger partial charge in [0.05, 0.1) is 5.56 Å². The van der Waals surface area contributed by atoms with E-state index in [1.54, 1.807) is 12.1 Å². The maximum Gasteiger partial charge on any atom is 0.335 e. The van der Waals surface area contributed by atoms with Crippen molar-refractivity contribution in [3.63, 3.8) is 0 Å². The summed E-state index contributed by atoms with van der Waals surface area (Å²) in [5, 5.41) is 10.3. The van der Waals surface area contributed by atoms with Crippen LogP contribution in [-0.2, 0) is 24.2 Å². The number of carbonyl (C=O) groups is 2. The van der Waals surface area contributed by atoms with Gasteiger partial charge in [0.2, 0.25) is 5.91 Å². The summed E-state index contributed by atoms with van der Waals surface area (Å²) >= 11 is 0. The second-order valence-corrected chi connectivity index (χ2v) is 7.09. The predicted molar refractivity (Wildman–Crippen MR) is 104 cm³/mol. The first-order valence-electron chi connectivity index (χ1n) is 9.29. The van der Waals surface area contributed by atoms with Crippen LogP contribution in [0.15, 0.2) is 48.5 Å². The van der Waals surface area contributed by atoms with Gasteiger partial charge in [-0.1, -0.05) is 24.3 Å². The van der Waals surface area contributed by atoms with Crippen LogP contribution in [0.5, 0.6) is 0 Å². The Morgan fingerprint density at radius 2 is 1.93 bits per heavy atom. The van der Waals surface area contributed by atoms with E-state index in [1.807, 2.05) is 23.1 Å². The summed E-state index contributed by atoms with van der Waals surface area (Å²) < 4.78 is 0. The lowest BCUT2D eigenvalue weighted by Gasteiger charge is -2.29. The van der Waals surface area contributed by atoms with Gasteiger partial charge in [0.15, 0.2) is 0 Å². The van der Waals surface area contributed by atoms with Gasteiger partial charge in [0, 0.05) is 30.7 Å². The average Bonchev–Trinajstić information content (AvgIpc) is 3.09. The minimum Gasteiger partial charge on any atom is -0.478 e. The molecule has 138 valence electrons. The fraction of sp³-hybridized carbons (Fsp3) is 0.273. The van der Waals surface area contributed by atoms with E-state index in [9.17, 15) is 9.59 Å². The molecule has 27 heavy (non-hydrogen) atoms. The molecule has 0 spiro atoms. The molecular formula is C22H22N2O3. The van der Waals surface area contributed by atoms with Crippen molar-refractivity contribution in [1.29, 1.82) is 0 Å². The number of carboxylic acid groups (broad SMARTS) is 1. The zero-order valence-electron chi connectivity index (χ0n) is 15.1. The first-order chi connectivity index (χ1) is 13.1. The van der Waals surface area contributed by atoms with Crippen molar-refractivity contribution in [2.45, 2.75) is 32.2 Å². The summed E-state index contributed by atoms with van der Waals surface area (Å²) in [6.07, 6.45) is 2.92. The largest absolute Gasteiger partial charge is 0.478 e. The summed E-state index contributed by atoms with van der Waals surface area (Å²) in [7, 11) is 0. The zero-order valence-corrected chi connectivity index (χ0v) is 15.1. The van der Waals surface area contributed by atoms with E-state index in [1.165, 1.54) is 5.39 Å². The highest BCUT2D eigenvalue weighted by Gasteiger charge is 2.21. The maximum atomic E-state index is 12.6. The van der Waals surface area contributed by atoms with Gasteiger partial charge in [-0.05, 0) is 60.0 Å². The number of hydrogen-bond donors (Lipinski definition) is 2. The number of aryl methyl sites for hydroxylation is 1. The maximum absolute atomic E-state index is 12.6. The number of H-pyrrole nitrogens is 1. The number of para-hydroxylation sites is 1. The number of rotatable bonds is 5. The van der Waals surface area contributed by atoms with Gasteiger partial charge in [-0.25, -0.2) is 4.79 Å². The van der Waals surface area contributed by atoms with E-state index in [0.717, 1.165) is 41.6 Å². The molecule has 1 amide bonds. The molecule has 0 bridgehead atoms. The third kappa shape index (κ3) is 3.72. The number of nitrogens with zero attached hydrogens (tertiary/aromatic N) is 1. The van der Waals surface area contributed by atoms with Crippen LogP contribution in [0.25, 0.3) is 10.9 Å². The Kier molecular flexibility index (Phi) is 4.67. The quantitative estimate of drug-likeness (QED) is 0.725. The Bertz CT molecular complexity index is 973. The minimum absolute atomic E-state index is 0.137. The van der Waals surface area contributed by atoms with Crippen LogP contribution in [0.3, 0.4) is 0 Å². The normalized spacial score (nSPS) is 13.6. The number of carbonyl (C=O) groups excluding carboxylic acids is 1. The molecule has 0 saturated carbocycles. The molecule has 1 aromatic heterocycles. The summed E-state index contributed by atoms with van der Waals surface area (Å²) in [5.41, 5.74) is 4.65. The number of nitrogens with one attached hydrogen (secondary N) is 1. The predicted octanol–water partition coefficient (Wildman–Crippen LogP) is 3.77. The Balaban J connectivity index is 1.34. The Hall–Kier alpha value is -3.08. The van der Waals surface area contributed by atoms with Crippen LogP contribution in [-0.4, -0.2) is 33.4 Å². The van der Waals surface area contributed by atoms with Crippen molar-refractivity contribution in [3.8, 4) is 0 Å². The van der Waals surface area contributed by atoms with Gasteiger partial charge in [-0.15, -0.1) is 0 Å². The zero-order chi connectivity index (χ0) is 18.8. The topological polar surface area (TPSA) is 73.4 Å². The standard InChI is InChI=1S/C22H22N2O3/c25-21(7-3-5-19-13-16-4-1-2-6-20(16)23-19)24-11-10-15-8-9-17(22(26)27)12-18(15)14-24/h1-2,4,6,8-9,12-13,23H,3,5,7,10-11,14H2,(H,26,27). The molecule has 0 saturated heterocycles. The van der Waals surface area contributed by atoms with Crippen molar-refractivity contribution >= 4 is 22.8 Å². The van der Waals surface area contributed by atoms with Gasteiger partial charge in [0.1, 0.15) is 0 Å². The van der Waals surface area contributed by atoms with E-state index in [2.05, 4.69) is 23.2 Å². The third-order valence-corrected chi connectivity index (χ3v) is 5.24. The first kappa shape index (κ1) is 17.3. The number of amides is 1. The van der Waals surface area contributed by atoms with Gasteiger partial charge in [-0.3, -0.25) is 4.79 Å². The summed E-state index contributed by atoms with van der Waals surface area (Å²) in [4.78, 5) is 29.0.